The van der Waals surface area contributed by atoms with Crippen LogP contribution < -0.4 is 5.32 Å². The number of thiazole rings is 1. The Hall–Kier alpha value is -2.29. The largest absolute Gasteiger partial charge is 0.298 e. The van der Waals surface area contributed by atoms with E-state index in [2.05, 4.69) is 10.3 Å². The van der Waals surface area contributed by atoms with E-state index in [0.717, 1.165) is 23.7 Å². The molecule has 9 heteroatoms. The van der Waals surface area contributed by atoms with Gasteiger partial charge in [0.15, 0.2) is 15.0 Å². The highest BCUT2D eigenvalue weighted by atomic mass is 35.5. The lowest BCUT2D eigenvalue weighted by molar-refractivity contribution is -0.111. The Bertz CT molecular complexity index is 1120. The van der Waals surface area contributed by atoms with Crippen molar-refractivity contribution in [1.82, 2.24) is 4.98 Å². The molecule has 1 heterocycles. The summed E-state index contributed by atoms with van der Waals surface area (Å²) < 4.78 is 37.5. The third kappa shape index (κ3) is 4.09. The van der Waals surface area contributed by atoms with Crippen molar-refractivity contribution in [3.05, 3.63) is 58.9 Å². The lowest BCUT2D eigenvalue weighted by Crippen LogP contribution is -2.07. The summed E-state index contributed by atoms with van der Waals surface area (Å²) in [5, 5.41) is 3.07. The van der Waals surface area contributed by atoms with Crippen LogP contribution in [0.25, 0.3) is 16.3 Å². The number of nitrogens with zero attached hydrogens (tertiary/aromatic N) is 1. The predicted molar refractivity (Wildman–Crippen MR) is 102 cm³/mol. The van der Waals surface area contributed by atoms with E-state index < -0.39 is 21.6 Å². The second-order valence-electron chi connectivity index (χ2n) is 5.38. The van der Waals surface area contributed by atoms with Crippen molar-refractivity contribution < 1.29 is 17.6 Å². The molecule has 0 aliphatic heterocycles. The molecule has 0 bridgehead atoms. The van der Waals surface area contributed by atoms with Crippen LogP contribution in [0.3, 0.4) is 0 Å². The van der Waals surface area contributed by atoms with Crippen LogP contribution in [-0.4, -0.2) is 25.6 Å². The molecule has 134 valence electrons. The van der Waals surface area contributed by atoms with Crippen LogP contribution in [0.4, 0.5) is 9.52 Å². The second kappa shape index (κ2) is 7.14. The molecule has 0 aliphatic rings. The van der Waals surface area contributed by atoms with Gasteiger partial charge in [-0.1, -0.05) is 29.0 Å². The minimum atomic E-state index is -3.32. The molecular formula is C17H12ClFN2O3S2. The van der Waals surface area contributed by atoms with E-state index in [9.17, 15) is 17.6 Å². The molecule has 3 aromatic rings. The molecular weight excluding hydrogens is 399 g/mol. The fourth-order valence-corrected chi connectivity index (χ4v) is 4.02. The maximum atomic E-state index is 13.7. The van der Waals surface area contributed by atoms with Gasteiger partial charge in [-0.2, -0.15) is 0 Å². The minimum absolute atomic E-state index is 0.117. The van der Waals surface area contributed by atoms with Crippen LogP contribution in [0.1, 0.15) is 5.56 Å². The maximum Gasteiger partial charge on any atom is 0.250 e. The molecule has 0 unspecified atom stereocenters. The van der Waals surface area contributed by atoms with Gasteiger partial charge in [0.1, 0.15) is 5.82 Å². The number of benzene rings is 2. The predicted octanol–water partition coefficient (Wildman–Crippen LogP) is 4.14. The Kier molecular flexibility index (Phi) is 5.08. The van der Waals surface area contributed by atoms with Gasteiger partial charge in [-0.3, -0.25) is 10.1 Å². The molecule has 5 nitrogen and oxygen atoms in total. The van der Waals surface area contributed by atoms with Gasteiger partial charge >= 0.3 is 0 Å². The topological polar surface area (TPSA) is 76.1 Å². The molecule has 26 heavy (non-hydrogen) atoms. The number of nitrogens with one attached hydrogen (secondary N) is 1. The smallest absolute Gasteiger partial charge is 0.250 e. The molecule has 2 aromatic carbocycles. The quantitative estimate of drug-likeness (QED) is 0.656. The van der Waals surface area contributed by atoms with Gasteiger partial charge in [0, 0.05) is 17.9 Å². The van der Waals surface area contributed by atoms with Crippen molar-refractivity contribution in [1.29, 1.82) is 0 Å². The van der Waals surface area contributed by atoms with Gasteiger partial charge in [0.25, 0.3) is 0 Å². The zero-order chi connectivity index (χ0) is 18.9. The monoisotopic (exact) mass is 410 g/mol. The van der Waals surface area contributed by atoms with Gasteiger partial charge in [-0.15, -0.1) is 0 Å². The molecule has 1 N–H and O–H groups in total. The second-order valence-corrected chi connectivity index (χ2v) is 8.83. The van der Waals surface area contributed by atoms with Crippen LogP contribution in [0, 0.1) is 5.82 Å². The summed E-state index contributed by atoms with van der Waals surface area (Å²) in [6.07, 6.45) is 3.55. The van der Waals surface area contributed by atoms with Gasteiger partial charge in [0.2, 0.25) is 5.91 Å². The number of amides is 1. The van der Waals surface area contributed by atoms with Gasteiger partial charge in [-0.25, -0.2) is 17.8 Å². The SMILES string of the molecule is CS(=O)(=O)c1ccc2nc(NC(=O)C=Cc3c(F)cccc3Cl)sc2c1. The first-order valence-electron chi connectivity index (χ1n) is 7.28. The third-order valence-corrected chi connectivity index (χ3v) is 5.79. The molecule has 1 amide bonds. The highest BCUT2D eigenvalue weighted by Gasteiger charge is 2.12. The molecule has 0 aliphatic carbocycles. The van der Waals surface area contributed by atoms with Crippen molar-refractivity contribution in [2.45, 2.75) is 4.90 Å². The van der Waals surface area contributed by atoms with Crippen molar-refractivity contribution >= 4 is 60.1 Å². The highest BCUT2D eigenvalue weighted by molar-refractivity contribution is 7.90. The van der Waals surface area contributed by atoms with E-state index in [1.54, 1.807) is 6.07 Å². The zero-order valence-electron chi connectivity index (χ0n) is 13.4. The summed E-state index contributed by atoms with van der Waals surface area (Å²) in [5.41, 5.74) is 0.685. The van der Waals surface area contributed by atoms with Crippen LogP contribution in [0.15, 0.2) is 47.4 Å². The molecule has 0 spiro atoms. The van der Waals surface area contributed by atoms with Crippen molar-refractivity contribution in [2.75, 3.05) is 11.6 Å². The number of aromatic nitrogens is 1. The summed E-state index contributed by atoms with van der Waals surface area (Å²) in [4.78, 5) is 16.4. The van der Waals surface area contributed by atoms with E-state index in [1.165, 1.54) is 36.4 Å². The van der Waals surface area contributed by atoms with Crippen molar-refractivity contribution in [3.63, 3.8) is 0 Å². The lowest BCUT2D eigenvalue weighted by atomic mass is 10.2. The number of hydrogen-bond acceptors (Lipinski definition) is 5. The minimum Gasteiger partial charge on any atom is -0.298 e. The molecule has 1 aromatic heterocycles. The Morgan fingerprint density at radius 2 is 2.08 bits per heavy atom. The average molecular weight is 411 g/mol. The fraction of sp³-hybridized carbons (Fsp3) is 0.0588. The van der Waals surface area contributed by atoms with E-state index in [4.69, 9.17) is 11.6 Å². The Balaban J connectivity index is 1.80. The van der Waals surface area contributed by atoms with Crippen molar-refractivity contribution in [3.8, 4) is 0 Å². The first kappa shape index (κ1) is 18.5. The van der Waals surface area contributed by atoms with E-state index >= 15 is 0 Å². The fourth-order valence-electron chi connectivity index (χ4n) is 2.17. The molecule has 0 radical (unpaired) electrons. The Morgan fingerprint density at radius 1 is 1.31 bits per heavy atom. The summed E-state index contributed by atoms with van der Waals surface area (Å²) in [6, 6.07) is 8.79. The van der Waals surface area contributed by atoms with Crippen LogP contribution in [-0.2, 0) is 14.6 Å². The van der Waals surface area contributed by atoms with Crippen molar-refractivity contribution in [2.24, 2.45) is 0 Å². The van der Waals surface area contributed by atoms with Gasteiger partial charge in [-0.05, 0) is 36.4 Å². The summed E-state index contributed by atoms with van der Waals surface area (Å²) in [7, 11) is -3.32. The number of anilines is 1. The number of fused-ring (bicyclic) bond motifs is 1. The molecule has 3 rings (SSSR count). The zero-order valence-corrected chi connectivity index (χ0v) is 15.8. The number of halogens is 2. The van der Waals surface area contributed by atoms with Gasteiger partial charge < -0.3 is 0 Å². The normalized spacial score (nSPS) is 12.0. The molecule has 0 saturated heterocycles. The van der Waals surface area contributed by atoms with E-state index in [0.29, 0.717) is 15.3 Å². The molecule has 0 atom stereocenters. The number of hydrogen-bond donors (Lipinski definition) is 1. The van der Waals surface area contributed by atoms with Gasteiger partial charge in [0.05, 0.1) is 20.1 Å². The number of carbonyl (C=O) groups is 1. The summed E-state index contributed by atoms with van der Waals surface area (Å²) >= 11 is 7.04. The summed E-state index contributed by atoms with van der Waals surface area (Å²) in [5.74, 6) is -1.04. The number of rotatable bonds is 4. The lowest BCUT2D eigenvalue weighted by Gasteiger charge is -1.99. The molecule has 0 saturated carbocycles. The first-order valence-corrected chi connectivity index (χ1v) is 10.4. The third-order valence-electron chi connectivity index (χ3n) is 3.42. The van der Waals surface area contributed by atoms with E-state index in [-0.39, 0.29) is 15.5 Å². The standard InChI is InChI=1S/C17H12ClFN2O3S2/c1-26(23,24)10-5-7-14-15(9-10)25-17(20-14)21-16(22)8-6-11-12(18)3-2-4-13(11)19/h2-9H,1H3,(H,20,21,22). The Morgan fingerprint density at radius 3 is 2.77 bits per heavy atom. The average Bonchev–Trinajstić information content (AvgIpc) is 2.94. The highest BCUT2D eigenvalue weighted by Crippen LogP contribution is 2.28. The van der Waals surface area contributed by atoms with Crippen LogP contribution >= 0.6 is 22.9 Å². The Labute approximate surface area is 158 Å². The number of sulfone groups is 1. The van der Waals surface area contributed by atoms with Crippen LogP contribution in [0.5, 0.6) is 0 Å². The number of carbonyl (C=O) groups excluding carboxylic acids is 1. The van der Waals surface area contributed by atoms with Crippen LogP contribution in [0.2, 0.25) is 5.02 Å². The summed E-state index contributed by atoms with van der Waals surface area (Å²) in [6.45, 7) is 0. The first-order chi connectivity index (χ1) is 12.2. The van der Waals surface area contributed by atoms with E-state index in [1.807, 2.05) is 0 Å². The maximum absolute atomic E-state index is 13.7. The molecule has 0 fully saturated rings.